The van der Waals surface area contributed by atoms with Crippen molar-refractivity contribution in [3.8, 4) is 0 Å². The molecule has 0 unspecified atom stereocenters. The fourth-order valence-corrected chi connectivity index (χ4v) is 3.61. The Balaban J connectivity index is 1.29. The fraction of sp³-hybridized carbons (Fsp3) is 0.632. The number of anilines is 1. The second kappa shape index (κ2) is 10.1. The van der Waals surface area contributed by atoms with E-state index in [9.17, 15) is 4.79 Å². The molecule has 3 rings (SSSR count). The van der Waals surface area contributed by atoms with Gasteiger partial charge >= 0.3 is 0 Å². The van der Waals surface area contributed by atoms with E-state index in [4.69, 9.17) is 16.3 Å². The maximum atomic E-state index is 12.0. The van der Waals surface area contributed by atoms with Crippen molar-refractivity contribution in [1.82, 2.24) is 15.1 Å². The number of ether oxygens (including phenoxy) is 1. The maximum absolute atomic E-state index is 12.0. The number of carbonyl (C=O) groups is 1. The van der Waals surface area contributed by atoms with Gasteiger partial charge in [-0.25, -0.2) is 0 Å². The van der Waals surface area contributed by atoms with Crippen molar-refractivity contribution in [2.24, 2.45) is 0 Å². The van der Waals surface area contributed by atoms with E-state index in [0.717, 1.165) is 77.1 Å². The minimum absolute atomic E-state index is 0.149. The largest absolute Gasteiger partial charge is 0.379 e. The van der Waals surface area contributed by atoms with E-state index in [-0.39, 0.29) is 5.91 Å². The highest BCUT2D eigenvalue weighted by atomic mass is 35.5. The summed E-state index contributed by atoms with van der Waals surface area (Å²) < 4.78 is 5.33. The summed E-state index contributed by atoms with van der Waals surface area (Å²) in [6, 6.07) is 8.01. The van der Waals surface area contributed by atoms with Crippen LogP contribution in [0.1, 0.15) is 6.42 Å². The van der Waals surface area contributed by atoms with Crippen molar-refractivity contribution in [3.63, 3.8) is 0 Å². The minimum atomic E-state index is 0.149. The lowest BCUT2D eigenvalue weighted by atomic mass is 10.2. The van der Waals surface area contributed by atoms with E-state index >= 15 is 0 Å². The lowest BCUT2D eigenvalue weighted by molar-refractivity contribution is -0.121. The van der Waals surface area contributed by atoms with Crippen LogP contribution in [0.4, 0.5) is 5.69 Å². The van der Waals surface area contributed by atoms with Gasteiger partial charge in [0, 0.05) is 76.0 Å². The van der Waals surface area contributed by atoms with Crippen molar-refractivity contribution in [2.45, 2.75) is 6.42 Å². The standard InChI is InChI=1S/C19H29ClN4O2/c20-17-2-1-3-18(16-17)24-10-8-22(9-11-24)6-4-19(25)21-5-7-23-12-14-26-15-13-23/h1-3,16H,4-15H2,(H,21,25). The van der Waals surface area contributed by atoms with Crippen LogP contribution >= 0.6 is 11.6 Å². The van der Waals surface area contributed by atoms with Crippen LogP contribution in [-0.2, 0) is 9.53 Å². The Morgan fingerprint density at radius 1 is 1.04 bits per heavy atom. The molecular formula is C19H29ClN4O2. The van der Waals surface area contributed by atoms with Crippen LogP contribution in [-0.4, -0.2) is 87.8 Å². The number of carbonyl (C=O) groups excluding carboxylic acids is 1. The number of piperazine rings is 1. The van der Waals surface area contributed by atoms with Crippen molar-refractivity contribution in [3.05, 3.63) is 29.3 Å². The Bertz CT molecular complexity index is 572. The molecule has 7 heteroatoms. The van der Waals surface area contributed by atoms with Crippen LogP contribution in [0.2, 0.25) is 5.02 Å². The summed E-state index contributed by atoms with van der Waals surface area (Å²) in [6.07, 6.45) is 0.570. The van der Waals surface area contributed by atoms with Gasteiger partial charge in [-0.3, -0.25) is 14.6 Å². The molecule has 0 atom stereocenters. The average Bonchev–Trinajstić information content (AvgIpc) is 2.68. The Kier molecular flexibility index (Phi) is 7.55. The first-order valence-corrected chi connectivity index (χ1v) is 9.88. The Morgan fingerprint density at radius 3 is 2.50 bits per heavy atom. The topological polar surface area (TPSA) is 48.1 Å². The molecule has 0 radical (unpaired) electrons. The predicted octanol–water partition coefficient (Wildman–Crippen LogP) is 1.30. The molecule has 1 aromatic carbocycles. The van der Waals surface area contributed by atoms with Gasteiger partial charge in [-0.2, -0.15) is 0 Å². The zero-order chi connectivity index (χ0) is 18.2. The van der Waals surface area contributed by atoms with E-state index in [1.54, 1.807) is 0 Å². The Hall–Kier alpha value is -1.34. The molecule has 1 aromatic rings. The third-order valence-corrected chi connectivity index (χ3v) is 5.29. The molecule has 1 amide bonds. The van der Waals surface area contributed by atoms with Crippen LogP contribution in [0.3, 0.4) is 0 Å². The van der Waals surface area contributed by atoms with Crippen LogP contribution < -0.4 is 10.2 Å². The monoisotopic (exact) mass is 380 g/mol. The third kappa shape index (κ3) is 6.13. The predicted molar refractivity (Wildman–Crippen MR) is 105 cm³/mol. The van der Waals surface area contributed by atoms with Crippen molar-refractivity contribution in [2.75, 3.05) is 77.0 Å². The van der Waals surface area contributed by atoms with Crippen LogP contribution in [0.5, 0.6) is 0 Å². The number of morpholine rings is 1. The number of nitrogens with zero attached hydrogens (tertiary/aromatic N) is 3. The van der Waals surface area contributed by atoms with E-state index in [2.05, 4.69) is 26.1 Å². The highest BCUT2D eigenvalue weighted by Gasteiger charge is 2.18. The molecule has 2 fully saturated rings. The summed E-state index contributed by atoms with van der Waals surface area (Å²) in [4.78, 5) is 19.1. The average molecular weight is 381 g/mol. The first-order chi connectivity index (χ1) is 12.7. The molecule has 1 N–H and O–H groups in total. The second-order valence-electron chi connectivity index (χ2n) is 6.86. The summed E-state index contributed by atoms with van der Waals surface area (Å²) in [7, 11) is 0. The number of nitrogens with one attached hydrogen (secondary N) is 1. The molecule has 2 saturated heterocycles. The molecule has 0 bridgehead atoms. The molecule has 2 heterocycles. The van der Waals surface area contributed by atoms with E-state index in [1.807, 2.05) is 18.2 Å². The van der Waals surface area contributed by atoms with Gasteiger partial charge in [0.05, 0.1) is 13.2 Å². The van der Waals surface area contributed by atoms with Crippen molar-refractivity contribution in [1.29, 1.82) is 0 Å². The van der Waals surface area contributed by atoms with Gasteiger partial charge < -0.3 is 15.0 Å². The molecular weight excluding hydrogens is 352 g/mol. The van der Waals surface area contributed by atoms with Crippen LogP contribution in [0.25, 0.3) is 0 Å². The summed E-state index contributed by atoms with van der Waals surface area (Å²) in [6.45, 7) is 9.89. The molecule has 0 saturated carbocycles. The first-order valence-electron chi connectivity index (χ1n) is 9.50. The number of amides is 1. The number of hydrogen-bond acceptors (Lipinski definition) is 5. The van der Waals surface area contributed by atoms with Gasteiger partial charge in [-0.15, -0.1) is 0 Å². The fourth-order valence-electron chi connectivity index (χ4n) is 3.43. The molecule has 0 aromatic heterocycles. The molecule has 144 valence electrons. The molecule has 2 aliphatic heterocycles. The molecule has 26 heavy (non-hydrogen) atoms. The Morgan fingerprint density at radius 2 is 1.77 bits per heavy atom. The summed E-state index contributed by atoms with van der Waals surface area (Å²) >= 11 is 6.08. The number of rotatable bonds is 7. The van der Waals surface area contributed by atoms with Gasteiger partial charge in [0.25, 0.3) is 0 Å². The zero-order valence-electron chi connectivity index (χ0n) is 15.3. The zero-order valence-corrected chi connectivity index (χ0v) is 16.1. The SMILES string of the molecule is O=C(CCN1CCN(c2cccc(Cl)c2)CC1)NCCN1CCOCC1. The number of benzene rings is 1. The van der Waals surface area contributed by atoms with Crippen molar-refractivity contribution >= 4 is 23.2 Å². The van der Waals surface area contributed by atoms with E-state index in [1.165, 1.54) is 5.69 Å². The number of hydrogen-bond donors (Lipinski definition) is 1. The maximum Gasteiger partial charge on any atom is 0.221 e. The molecule has 6 nitrogen and oxygen atoms in total. The quantitative estimate of drug-likeness (QED) is 0.772. The normalized spacial score (nSPS) is 19.5. The summed E-state index contributed by atoms with van der Waals surface area (Å²) in [5.74, 6) is 0.149. The molecule has 0 aliphatic carbocycles. The van der Waals surface area contributed by atoms with E-state index < -0.39 is 0 Å². The lowest BCUT2D eigenvalue weighted by Gasteiger charge is -2.36. The van der Waals surface area contributed by atoms with Crippen molar-refractivity contribution < 1.29 is 9.53 Å². The third-order valence-electron chi connectivity index (χ3n) is 5.05. The highest BCUT2D eigenvalue weighted by molar-refractivity contribution is 6.30. The minimum Gasteiger partial charge on any atom is -0.379 e. The molecule has 2 aliphatic rings. The first kappa shape index (κ1) is 19.4. The Labute approximate surface area is 161 Å². The lowest BCUT2D eigenvalue weighted by Crippen LogP contribution is -2.47. The number of halogens is 1. The smallest absolute Gasteiger partial charge is 0.221 e. The molecule has 0 spiro atoms. The summed E-state index contributed by atoms with van der Waals surface area (Å²) in [5.41, 5.74) is 1.18. The van der Waals surface area contributed by atoms with Gasteiger partial charge in [0.2, 0.25) is 5.91 Å². The van der Waals surface area contributed by atoms with Gasteiger partial charge in [0.15, 0.2) is 0 Å². The van der Waals surface area contributed by atoms with Gasteiger partial charge in [-0.05, 0) is 18.2 Å². The van der Waals surface area contributed by atoms with Gasteiger partial charge in [0.1, 0.15) is 0 Å². The summed E-state index contributed by atoms with van der Waals surface area (Å²) in [5, 5.41) is 3.81. The van der Waals surface area contributed by atoms with Gasteiger partial charge in [-0.1, -0.05) is 17.7 Å². The van der Waals surface area contributed by atoms with Crippen LogP contribution in [0, 0.1) is 0 Å². The highest BCUT2D eigenvalue weighted by Crippen LogP contribution is 2.20. The van der Waals surface area contributed by atoms with E-state index in [0.29, 0.717) is 6.42 Å². The second-order valence-corrected chi connectivity index (χ2v) is 7.30. The van der Waals surface area contributed by atoms with Crippen LogP contribution in [0.15, 0.2) is 24.3 Å².